The molecule has 5 heteroatoms. The van der Waals surface area contributed by atoms with Crippen molar-refractivity contribution >= 4 is 11.6 Å². The minimum Gasteiger partial charge on any atom is -0.512 e. The first-order valence-corrected chi connectivity index (χ1v) is 4.07. The van der Waals surface area contributed by atoms with E-state index in [2.05, 4.69) is 0 Å². The van der Waals surface area contributed by atoms with Crippen molar-refractivity contribution in [3.8, 4) is 11.8 Å². The summed E-state index contributed by atoms with van der Waals surface area (Å²) >= 11 is 5.78. The summed E-state index contributed by atoms with van der Waals surface area (Å²) < 4.78 is 4.99. The summed E-state index contributed by atoms with van der Waals surface area (Å²) in [6.45, 7) is 4.75. The van der Waals surface area contributed by atoms with Crippen molar-refractivity contribution in [3.05, 3.63) is 35.4 Å². The molecule has 3 nitrogen and oxygen atoms in total. The third-order valence-electron chi connectivity index (χ3n) is 1.45. The van der Waals surface area contributed by atoms with Crippen LogP contribution in [0.1, 0.15) is 5.56 Å². The monoisotopic (exact) mass is 230 g/mol. The van der Waals surface area contributed by atoms with Gasteiger partial charge in [-0.2, -0.15) is 5.26 Å². The number of hydrogen-bond donors (Lipinski definition) is 0. The van der Waals surface area contributed by atoms with Gasteiger partial charge in [-0.25, -0.2) is 0 Å². The standard InChI is InChI=1S/C9H8ClNO.CN.Na/c1-12-9-5-7(2-3-11)4-8(10)6-9;1-2;/h4-6H,2H2,1H3;;/q;-1;+1. The van der Waals surface area contributed by atoms with Crippen LogP contribution in [0.25, 0.3) is 0 Å². The van der Waals surface area contributed by atoms with Gasteiger partial charge in [0.25, 0.3) is 0 Å². The maximum absolute atomic E-state index is 8.44. The summed E-state index contributed by atoms with van der Waals surface area (Å²) in [4.78, 5) is 0. The molecule has 0 heterocycles. The van der Waals surface area contributed by atoms with E-state index in [0.29, 0.717) is 17.2 Å². The Morgan fingerprint density at radius 1 is 1.40 bits per heavy atom. The molecular formula is C10H8ClN2NaO. The zero-order chi connectivity index (χ0) is 11.0. The van der Waals surface area contributed by atoms with Crippen molar-refractivity contribution in [1.29, 1.82) is 10.5 Å². The minimum atomic E-state index is 0. The molecule has 1 rings (SSSR count). The molecule has 0 fully saturated rings. The molecule has 1 aromatic carbocycles. The van der Waals surface area contributed by atoms with E-state index in [-0.39, 0.29) is 29.6 Å². The van der Waals surface area contributed by atoms with Crippen molar-refractivity contribution < 1.29 is 34.3 Å². The van der Waals surface area contributed by atoms with Crippen LogP contribution in [-0.2, 0) is 6.42 Å². The molecule has 0 bridgehead atoms. The average molecular weight is 231 g/mol. The smallest absolute Gasteiger partial charge is 0.512 e. The number of ether oxygens (including phenoxy) is 1. The van der Waals surface area contributed by atoms with Crippen LogP contribution in [0.4, 0.5) is 0 Å². The molecule has 0 aliphatic rings. The van der Waals surface area contributed by atoms with Crippen LogP contribution in [-0.4, -0.2) is 7.11 Å². The van der Waals surface area contributed by atoms with E-state index in [1.54, 1.807) is 25.3 Å². The van der Waals surface area contributed by atoms with Crippen LogP contribution in [0.3, 0.4) is 0 Å². The van der Waals surface area contributed by atoms with Gasteiger partial charge in [-0.3, -0.25) is 0 Å². The Morgan fingerprint density at radius 3 is 2.47 bits per heavy atom. The number of hydrogen-bond acceptors (Lipinski definition) is 3. The molecule has 0 amide bonds. The molecular weight excluding hydrogens is 223 g/mol. The Bertz CT molecular complexity index is 360. The molecule has 0 saturated heterocycles. The first kappa shape index (κ1) is 16.7. The summed E-state index contributed by atoms with van der Waals surface area (Å²) in [6, 6.07) is 7.32. The number of halogens is 1. The summed E-state index contributed by atoms with van der Waals surface area (Å²) in [7, 11) is 1.57. The van der Waals surface area contributed by atoms with Crippen molar-refractivity contribution in [1.82, 2.24) is 0 Å². The van der Waals surface area contributed by atoms with Crippen LogP contribution >= 0.6 is 11.6 Å². The van der Waals surface area contributed by atoms with Gasteiger partial charge < -0.3 is 16.6 Å². The fraction of sp³-hybridized carbons (Fsp3) is 0.200. The molecule has 0 N–H and O–H groups in total. The Labute approximate surface area is 117 Å². The molecule has 1 aromatic rings. The van der Waals surface area contributed by atoms with E-state index in [9.17, 15) is 0 Å². The predicted molar refractivity (Wildman–Crippen MR) is 52.3 cm³/mol. The van der Waals surface area contributed by atoms with E-state index in [0.717, 1.165) is 5.56 Å². The Kier molecular flexibility index (Phi) is 11.0. The van der Waals surface area contributed by atoms with Gasteiger partial charge in [0, 0.05) is 5.02 Å². The first-order valence-electron chi connectivity index (χ1n) is 3.69. The number of benzene rings is 1. The fourth-order valence-corrected chi connectivity index (χ4v) is 1.18. The maximum Gasteiger partial charge on any atom is 1.00 e. The van der Waals surface area contributed by atoms with Crippen LogP contribution in [0.5, 0.6) is 5.75 Å². The summed E-state index contributed by atoms with van der Waals surface area (Å²) in [5, 5.41) is 15.3. The zero-order valence-electron chi connectivity index (χ0n) is 8.62. The summed E-state index contributed by atoms with van der Waals surface area (Å²) in [6.07, 6.45) is 0.358. The third kappa shape index (κ3) is 6.38. The van der Waals surface area contributed by atoms with E-state index < -0.39 is 0 Å². The van der Waals surface area contributed by atoms with Crippen LogP contribution in [0.2, 0.25) is 5.02 Å². The van der Waals surface area contributed by atoms with Crippen molar-refractivity contribution in [3.63, 3.8) is 0 Å². The van der Waals surface area contributed by atoms with Crippen molar-refractivity contribution in [2.75, 3.05) is 7.11 Å². The van der Waals surface area contributed by atoms with Crippen LogP contribution in [0.15, 0.2) is 18.2 Å². The van der Waals surface area contributed by atoms with Gasteiger partial charge in [-0.1, -0.05) is 11.6 Å². The Hall–Kier alpha value is -0.710. The second-order valence-corrected chi connectivity index (χ2v) is 2.77. The third-order valence-corrected chi connectivity index (χ3v) is 1.67. The number of rotatable bonds is 2. The average Bonchev–Trinajstić information content (AvgIpc) is 2.20. The number of methoxy groups -OCH3 is 1. The fourth-order valence-electron chi connectivity index (χ4n) is 0.932. The van der Waals surface area contributed by atoms with E-state index in [4.69, 9.17) is 33.4 Å². The van der Waals surface area contributed by atoms with E-state index >= 15 is 0 Å². The maximum atomic E-state index is 8.44. The van der Waals surface area contributed by atoms with Gasteiger partial charge in [0.15, 0.2) is 0 Å². The van der Waals surface area contributed by atoms with Crippen LogP contribution < -0.4 is 34.3 Å². The van der Waals surface area contributed by atoms with Gasteiger partial charge in [0.1, 0.15) is 5.75 Å². The number of nitrogens with zero attached hydrogens (tertiary/aromatic N) is 2. The molecule has 15 heavy (non-hydrogen) atoms. The molecule has 0 atom stereocenters. The molecule has 0 unspecified atom stereocenters. The second-order valence-electron chi connectivity index (χ2n) is 2.33. The largest absolute Gasteiger partial charge is 1.00 e. The molecule has 0 aliphatic carbocycles. The quantitative estimate of drug-likeness (QED) is 0.509. The van der Waals surface area contributed by atoms with Crippen molar-refractivity contribution in [2.45, 2.75) is 6.42 Å². The molecule has 0 spiro atoms. The van der Waals surface area contributed by atoms with E-state index in [1.807, 2.05) is 6.07 Å². The minimum absolute atomic E-state index is 0. The Morgan fingerprint density at radius 2 is 2.00 bits per heavy atom. The molecule has 72 valence electrons. The molecule has 0 aromatic heterocycles. The van der Waals surface area contributed by atoms with Gasteiger partial charge in [-0.05, 0) is 23.8 Å². The first-order chi connectivity index (χ1) is 6.76. The van der Waals surface area contributed by atoms with Crippen LogP contribution in [0, 0.1) is 23.2 Å². The van der Waals surface area contributed by atoms with E-state index in [1.165, 1.54) is 0 Å². The molecule has 0 aliphatic heterocycles. The van der Waals surface area contributed by atoms with Gasteiger partial charge >= 0.3 is 29.6 Å². The predicted octanol–water partition coefficient (Wildman–Crippen LogP) is -0.485. The SMILES string of the molecule is COc1cc(Cl)cc(CC#N)c1.[C-]#N.[Na+]. The summed E-state index contributed by atoms with van der Waals surface area (Å²) in [5.41, 5.74) is 0.877. The molecule has 0 saturated carbocycles. The zero-order valence-corrected chi connectivity index (χ0v) is 11.4. The molecule has 0 radical (unpaired) electrons. The van der Waals surface area contributed by atoms with Crippen molar-refractivity contribution in [2.24, 2.45) is 0 Å². The van der Waals surface area contributed by atoms with Gasteiger partial charge in [0.2, 0.25) is 0 Å². The summed E-state index contributed by atoms with van der Waals surface area (Å²) in [5.74, 6) is 0.688. The topological polar surface area (TPSA) is 56.8 Å². The second kappa shape index (κ2) is 9.83. The number of nitriles is 1. The van der Waals surface area contributed by atoms with Gasteiger partial charge in [0.05, 0.1) is 19.6 Å². The Balaban J connectivity index is 0. The normalized spacial score (nSPS) is 7.40. The van der Waals surface area contributed by atoms with Gasteiger partial charge in [-0.15, -0.1) is 0 Å².